The molecule has 0 amide bonds. The molecule has 0 saturated heterocycles. The second-order valence-electron chi connectivity index (χ2n) is 8.11. The molecule has 0 aromatic heterocycles. The zero-order valence-corrected chi connectivity index (χ0v) is 18.5. The maximum Gasteiger partial charge on any atom is 0.123 e. The zero-order chi connectivity index (χ0) is 21.6. The number of hydrogen-bond acceptors (Lipinski definition) is 5. The fourth-order valence-electron chi connectivity index (χ4n) is 3.12. The second-order valence-corrected chi connectivity index (χ2v) is 8.11. The van der Waals surface area contributed by atoms with E-state index in [0.29, 0.717) is 37.8 Å². The molecule has 0 radical (unpaired) electrons. The van der Waals surface area contributed by atoms with Crippen LogP contribution in [0.25, 0.3) is 0 Å². The first-order valence-electron chi connectivity index (χ1n) is 10.3. The molecule has 3 N–H and O–H groups in total. The minimum Gasteiger partial charge on any atom is -0.508 e. The van der Waals surface area contributed by atoms with Gasteiger partial charge in [0, 0.05) is 24.2 Å². The highest BCUT2D eigenvalue weighted by Crippen LogP contribution is 2.33. The number of phenolic OH excluding ortho intramolecular Hbond substituents is 2. The van der Waals surface area contributed by atoms with Gasteiger partial charge in [-0.05, 0) is 61.1 Å². The molecule has 0 aliphatic rings. The lowest BCUT2D eigenvalue weighted by Gasteiger charge is -2.17. The molecule has 2 rings (SSSR count). The predicted octanol–water partition coefficient (Wildman–Crippen LogP) is 5.01. The van der Waals surface area contributed by atoms with E-state index in [9.17, 15) is 10.2 Å². The molecule has 160 valence electrons. The third kappa shape index (κ3) is 6.29. The van der Waals surface area contributed by atoms with Gasteiger partial charge in [-0.15, -0.1) is 0 Å². The Balaban J connectivity index is 1.79. The van der Waals surface area contributed by atoms with Crippen LogP contribution in [0.2, 0.25) is 0 Å². The van der Waals surface area contributed by atoms with Crippen LogP contribution >= 0.6 is 0 Å². The standard InChI is InChI=1S/C24H35NO4/c1-15(2)19-13-21(26)17(5)11-23(19)28-9-7-25-8-10-29-24-12-18(6)22(27)14-20(24)16(3)4/h11-16,25-27H,7-10H2,1-6H3. The summed E-state index contributed by atoms with van der Waals surface area (Å²) < 4.78 is 11.9. The molecule has 0 aliphatic heterocycles. The van der Waals surface area contributed by atoms with Gasteiger partial charge >= 0.3 is 0 Å². The van der Waals surface area contributed by atoms with Crippen molar-refractivity contribution < 1.29 is 19.7 Å². The van der Waals surface area contributed by atoms with Crippen LogP contribution in [0.15, 0.2) is 24.3 Å². The van der Waals surface area contributed by atoms with Crippen molar-refractivity contribution in [1.82, 2.24) is 5.32 Å². The fourth-order valence-corrected chi connectivity index (χ4v) is 3.12. The molecule has 0 unspecified atom stereocenters. The van der Waals surface area contributed by atoms with Crippen molar-refractivity contribution in [2.45, 2.75) is 53.4 Å². The van der Waals surface area contributed by atoms with Gasteiger partial charge in [0.15, 0.2) is 0 Å². The molecule has 0 atom stereocenters. The van der Waals surface area contributed by atoms with Gasteiger partial charge in [0.2, 0.25) is 0 Å². The third-order valence-corrected chi connectivity index (χ3v) is 4.97. The molecule has 5 nitrogen and oxygen atoms in total. The van der Waals surface area contributed by atoms with Crippen molar-refractivity contribution in [2.24, 2.45) is 0 Å². The van der Waals surface area contributed by atoms with Crippen molar-refractivity contribution in [1.29, 1.82) is 0 Å². The van der Waals surface area contributed by atoms with Crippen LogP contribution in [0.4, 0.5) is 0 Å². The number of benzene rings is 2. The van der Waals surface area contributed by atoms with Gasteiger partial charge in [-0.3, -0.25) is 0 Å². The SMILES string of the molecule is Cc1cc(OCCNCCOc2cc(C)c(O)cc2C(C)C)c(C(C)C)cc1O. The Morgan fingerprint density at radius 3 is 1.45 bits per heavy atom. The normalized spacial score (nSPS) is 11.3. The summed E-state index contributed by atoms with van der Waals surface area (Å²) in [6.45, 7) is 14.6. The third-order valence-electron chi connectivity index (χ3n) is 4.97. The minimum atomic E-state index is 0.279. The highest BCUT2D eigenvalue weighted by molar-refractivity contribution is 5.47. The highest BCUT2D eigenvalue weighted by Gasteiger charge is 2.12. The van der Waals surface area contributed by atoms with Crippen molar-refractivity contribution >= 4 is 0 Å². The molecule has 0 saturated carbocycles. The first-order valence-corrected chi connectivity index (χ1v) is 10.3. The summed E-state index contributed by atoms with van der Waals surface area (Å²) in [5, 5.41) is 23.2. The number of aromatic hydroxyl groups is 2. The molecular weight excluding hydrogens is 366 g/mol. The van der Waals surface area contributed by atoms with Crippen LogP contribution in [0.3, 0.4) is 0 Å². The monoisotopic (exact) mass is 401 g/mol. The Bertz CT molecular complexity index is 748. The molecule has 0 aliphatic carbocycles. The number of ether oxygens (including phenoxy) is 2. The Hall–Kier alpha value is -2.40. The van der Waals surface area contributed by atoms with E-state index in [0.717, 1.165) is 33.8 Å². The van der Waals surface area contributed by atoms with Crippen molar-refractivity contribution in [3.63, 3.8) is 0 Å². The Morgan fingerprint density at radius 1 is 0.724 bits per heavy atom. The zero-order valence-electron chi connectivity index (χ0n) is 18.5. The number of phenols is 2. The molecule has 0 bridgehead atoms. The maximum absolute atomic E-state index is 9.93. The molecular formula is C24H35NO4. The Kier molecular flexibility index (Phi) is 8.21. The number of rotatable bonds is 10. The summed E-state index contributed by atoms with van der Waals surface area (Å²) in [5.41, 5.74) is 3.66. The molecule has 5 heteroatoms. The van der Waals surface area contributed by atoms with E-state index in [1.54, 1.807) is 12.1 Å². The van der Waals surface area contributed by atoms with E-state index < -0.39 is 0 Å². The summed E-state index contributed by atoms with van der Waals surface area (Å²) in [6.07, 6.45) is 0. The van der Waals surface area contributed by atoms with Crippen LogP contribution in [0, 0.1) is 13.8 Å². The van der Waals surface area contributed by atoms with Crippen molar-refractivity contribution in [3.8, 4) is 23.0 Å². The van der Waals surface area contributed by atoms with Gasteiger partial charge in [0.05, 0.1) is 0 Å². The summed E-state index contributed by atoms with van der Waals surface area (Å²) in [5.74, 6) is 2.83. The van der Waals surface area contributed by atoms with Crippen molar-refractivity contribution in [3.05, 3.63) is 46.5 Å². The van der Waals surface area contributed by atoms with Gasteiger partial charge in [-0.2, -0.15) is 0 Å². The summed E-state index contributed by atoms with van der Waals surface area (Å²) >= 11 is 0. The molecule has 29 heavy (non-hydrogen) atoms. The van der Waals surface area contributed by atoms with E-state index in [1.807, 2.05) is 26.0 Å². The Morgan fingerprint density at radius 2 is 1.10 bits per heavy atom. The van der Waals surface area contributed by atoms with Crippen molar-refractivity contribution in [2.75, 3.05) is 26.3 Å². The van der Waals surface area contributed by atoms with Gasteiger partial charge in [-0.25, -0.2) is 0 Å². The summed E-state index contributed by atoms with van der Waals surface area (Å²) in [4.78, 5) is 0. The van der Waals surface area contributed by atoms with Gasteiger partial charge in [0.25, 0.3) is 0 Å². The Labute approximate surface area is 174 Å². The largest absolute Gasteiger partial charge is 0.508 e. The second kappa shape index (κ2) is 10.4. The lowest BCUT2D eigenvalue weighted by atomic mass is 10.00. The van der Waals surface area contributed by atoms with Gasteiger partial charge in [0.1, 0.15) is 36.2 Å². The van der Waals surface area contributed by atoms with Crippen LogP contribution in [0.1, 0.15) is 61.8 Å². The van der Waals surface area contributed by atoms with E-state index in [2.05, 4.69) is 33.0 Å². The average molecular weight is 402 g/mol. The molecule has 0 heterocycles. The van der Waals surface area contributed by atoms with Crippen LogP contribution in [-0.2, 0) is 0 Å². The smallest absolute Gasteiger partial charge is 0.123 e. The van der Waals surface area contributed by atoms with E-state index in [1.165, 1.54) is 0 Å². The lowest BCUT2D eigenvalue weighted by molar-refractivity contribution is 0.284. The summed E-state index contributed by atoms with van der Waals surface area (Å²) in [6, 6.07) is 7.38. The molecule has 0 spiro atoms. The van der Waals surface area contributed by atoms with Crippen LogP contribution < -0.4 is 14.8 Å². The first kappa shape index (κ1) is 22.9. The topological polar surface area (TPSA) is 71.0 Å². The number of aryl methyl sites for hydroxylation is 2. The highest BCUT2D eigenvalue weighted by atomic mass is 16.5. The van der Waals surface area contributed by atoms with E-state index >= 15 is 0 Å². The number of hydrogen-bond donors (Lipinski definition) is 3. The van der Waals surface area contributed by atoms with Gasteiger partial charge < -0.3 is 25.0 Å². The van der Waals surface area contributed by atoms with E-state index in [-0.39, 0.29) is 11.8 Å². The van der Waals surface area contributed by atoms with Crippen LogP contribution in [-0.4, -0.2) is 36.5 Å². The van der Waals surface area contributed by atoms with Gasteiger partial charge in [-0.1, -0.05) is 27.7 Å². The average Bonchev–Trinajstić information content (AvgIpc) is 2.65. The summed E-state index contributed by atoms with van der Waals surface area (Å²) in [7, 11) is 0. The predicted molar refractivity (Wildman–Crippen MR) is 118 cm³/mol. The quantitative estimate of drug-likeness (QED) is 0.488. The minimum absolute atomic E-state index is 0.279. The van der Waals surface area contributed by atoms with E-state index in [4.69, 9.17) is 9.47 Å². The fraction of sp³-hybridized carbons (Fsp3) is 0.500. The maximum atomic E-state index is 9.93. The number of nitrogens with one attached hydrogen (secondary N) is 1. The van der Waals surface area contributed by atoms with Crippen LogP contribution in [0.5, 0.6) is 23.0 Å². The molecule has 2 aromatic rings. The first-order chi connectivity index (χ1) is 13.7. The molecule has 0 fully saturated rings. The lowest BCUT2D eigenvalue weighted by Crippen LogP contribution is -2.26. The molecule has 2 aromatic carbocycles.